The predicted octanol–water partition coefficient (Wildman–Crippen LogP) is 2.39. The molecule has 0 aliphatic carbocycles. The molecule has 0 amide bonds. The molecule has 2 heterocycles. The Labute approximate surface area is 168 Å². The lowest BCUT2D eigenvalue weighted by Crippen LogP contribution is -2.41. The van der Waals surface area contributed by atoms with Crippen LogP contribution in [-0.4, -0.2) is 74.8 Å². The van der Waals surface area contributed by atoms with Crippen molar-refractivity contribution < 1.29 is 4.74 Å². The lowest BCUT2D eigenvalue weighted by molar-refractivity contribution is 0.0394. The number of hydrogen-bond acceptors (Lipinski definition) is 3. The second-order valence-electron chi connectivity index (χ2n) is 6.53. The molecule has 25 heavy (non-hydrogen) atoms. The van der Waals surface area contributed by atoms with Crippen LogP contribution in [0.3, 0.4) is 0 Å². The predicted molar refractivity (Wildman–Crippen MR) is 114 cm³/mol. The summed E-state index contributed by atoms with van der Waals surface area (Å²) in [6.45, 7) is 10.9. The first-order valence-electron chi connectivity index (χ1n) is 9.25. The Morgan fingerprint density at radius 3 is 2.68 bits per heavy atom. The molecule has 0 radical (unpaired) electrons. The summed E-state index contributed by atoms with van der Waals surface area (Å²) in [4.78, 5) is 9.72. The van der Waals surface area contributed by atoms with Gasteiger partial charge >= 0.3 is 0 Å². The van der Waals surface area contributed by atoms with Crippen LogP contribution >= 0.6 is 24.0 Å². The minimum absolute atomic E-state index is 0. The average Bonchev–Trinajstić information content (AvgIpc) is 3.13. The maximum atomic E-state index is 5.40. The van der Waals surface area contributed by atoms with E-state index >= 15 is 0 Å². The molecular formula is C19H31IN4O. The summed E-state index contributed by atoms with van der Waals surface area (Å²) in [5, 5.41) is 3.47. The van der Waals surface area contributed by atoms with Gasteiger partial charge in [0, 0.05) is 45.2 Å². The van der Waals surface area contributed by atoms with E-state index in [1.807, 2.05) is 0 Å². The fraction of sp³-hybridized carbons (Fsp3) is 0.632. The van der Waals surface area contributed by atoms with Crippen molar-refractivity contribution in [1.82, 2.24) is 15.1 Å². The van der Waals surface area contributed by atoms with Gasteiger partial charge in [-0.1, -0.05) is 30.3 Å². The zero-order valence-electron chi connectivity index (χ0n) is 15.2. The topological polar surface area (TPSA) is 40.1 Å². The third-order valence-corrected chi connectivity index (χ3v) is 4.88. The number of hydrogen-bond donors (Lipinski definition) is 1. The highest BCUT2D eigenvalue weighted by Crippen LogP contribution is 2.26. The van der Waals surface area contributed by atoms with Gasteiger partial charge in [-0.05, 0) is 18.9 Å². The van der Waals surface area contributed by atoms with Crippen molar-refractivity contribution >= 4 is 29.9 Å². The van der Waals surface area contributed by atoms with Crippen LogP contribution in [0, 0.1) is 0 Å². The second kappa shape index (κ2) is 11.0. The molecule has 2 aliphatic rings. The molecule has 140 valence electrons. The van der Waals surface area contributed by atoms with E-state index < -0.39 is 0 Å². The molecule has 0 aromatic heterocycles. The van der Waals surface area contributed by atoms with E-state index in [1.54, 1.807) is 0 Å². The van der Waals surface area contributed by atoms with Gasteiger partial charge in [0.05, 0.1) is 19.8 Å². The molecule has 0 saturated carbocycles. The van der Waals surface area contributed by atoms with Crippen LogP contribution in [0.25, 0.3) is 0 Å². The second-order valence-corrected chi connectivity index (χ2v) is 6.53. The van der Waals surface area contributed by atoms with Gasteiger partial charge in [0.25, 0.3) is 0 Å². The Kier molecular flexibility index (Phi) is 8.98. The van der Waals surface area contributed by atoms with Gasteiger partial charge in [-0.25, -0.2) is 0 Å². The van der Waals surface area contributed by atoms with Crippen molar-refractivity contribution in [2.75, 3.05) is 59.0 Å². The van der Waals surface area contributed by atoms with E-state index in [0.717, 1.165) is 65.0 Å². The van der Waals surface area contributed by atoms with Crippen LogP contribution in [0.15, 0.2) is 35.3 Å². The molecule has 2 aliphatic heterocycles. The normalized spacial score (nSPS) is 21.9. The molecular weight excluding hydrogens is 427 g/mol. The Balaban J connectivity index is 0.00000225. The van der Waals surface area contributed by atoms with E-state index in [4.69, 9.17) is 9.73 Å². The Morgan fingerprint density at radius 2 is 1.96 bits per heavy atom. The number of rotatable bonds is 5. The van der Waals surface area contributed by atoms with Crippen LogP contribution < -0.4 is 5.32 Å². The third kappa shape index (κ3) is 6.11. The molecule has 1 atom stereocenters. The number of benzene rings is 1. The highest BCUT2D eigenvalue weighted by molar-refractivity contribution is 14.0. The van der Waals surface area contributed by atoms with E-state index in [2.05, 4.69) is 52.4 Å². The fourth-order valence-corrected chi connectivity index (χ4v) is 3.50. The summed E-state index contributed by atoms with van der Waals surface area (Å²) < 4.78 is 5.40. The monoisotopic (exact) mass is 458 g/mol. The van der Waals surface area contributed by atoms with E-state index in [-0.39, 0.29) is 24.0 Å². The fourth-order valence-electron chi connectivity index (χ4n) is 3.50. The number of morpholine rings is 1. The highest BCUT2D eigenvalue weighted by atomic mass is 127. The van der Waals surface area contributed by atoms with Gasteiger partial charge in [-0.3, -0.25) is 9.89 Å². The SMILES string of the molecule is CCNC(=NCCN1CCOCC1)N1CCC(c2ccccc2)C1.I. The molecule has 5 nitrogen and oxygen atoms in total. The first-order chi connectivity index (χ1) is 11.9. The maximum absolute atomic E-state index is 5.40. The third-order valence-electron chi connectivity index (χ3n) is 4.88. The van der Waals surface area contributed by atoms with Crippen molar-refractivity contribution in [2.24, 2.45) is 4.99 Å². The molecule has 2 saturated heterocycles. The number of aliphatic imine (C=N–C) groups is 1. The number of nitrogens with one attached hydrogen (secondary N) is 1. The van der Waals surface area contributed by atoms with Gasteiger partial charge in [0.1, 0.15) is 0 Å². The Hall–Kier alpha value is -0.860. The first-order valence-corrected chi connectivity index (χ1v) is 9.25. The minimum atomic E-state index is 0. The van der Waals surface area contributed by atoms with Crippen LogP contribution in [0.5, 0.6) is 0 Å². The van der Waals surface area contributed by atoms with E-state index in [9.17, 15) is 0 Å². The summed E-state index contributed by atoms with van der Waals surface area (Å²) in [5.41, 5.74) is 1.45. The van der Waals surface area contributed by atoms with Crippen molar-refractivity contribution in [3.63, 3.8) is 0 Å². The maximum Gasteiger partial charge on any atom is 0.193 e. The van der Waals surface area contributed by atoms with Gasteiger partial charge in [-0.15, -0.1) is 24.0 Å². The van der Waals surface area contributed by atoms with Crippen molar-refractivity contribution in [3.8, 4) is 0 Å². The summed E-state index contributed by atoms with van der Waals surface area (Å²) in [7, 11) is 0. The molecule has 0 spiro atoms. The molecule has 0 bridgehead atoms. The minimum Gasteiger partial charge on any atom is -0.379 e. The van der Waals surface area contributed by atoms with Crippen molar-refractivity contribution in [3.05, 3.63) is 35.9 Å². The number of nitrogens with zero attached hydrogens (tertiary/aromatic N) is 3. The van der Waals surface area contributed by atoms with Gasteiger partial charge in [-0.2, -0.15) is 0 Å². The number of guanidine groups is 1. The molecule has 3 rings (SSSR count). The number of ether oxygens (including phenoxy) is 1. The zero-order chi connectivity index (χ0) is 16.6. The molecule has 1 unspecified atom stereocenters. The molecule has 1 aromatic rings. The first kappa shape index (κ1) is 20.5. The van der Waals surface area contributed by atoms with Crippen LogP contribution in [-0.2, 0) is 4.74 Å². The van der Waals surface area contributed by atoms with Gasteiger partial charge in [0.2, 0.25) is 0 Å². The van der Waals surface area contributed by atoms with Gasteiger partial charge < -0.3 is 15.0 Å². The van der Waals surface area contributed by atoms with Crippen LogP contribution in [0.1, 0.15) is 24.8 Å². The molecule has 2 fully saturated rings. The summed E-state index contributed by atoms with van der Waals surface area (Å²) >= 11 is 0. The summed E-state index contributed by atoms with van der Waals surface area (Å²) in [6.07, 6.45) is 1.21. The summed E-state index contributed by atoms with van der Waals surface area (Å²) in [6, 6.07) is 10.9. The largest absolute Gasteiger partial charge is 0.379 e. The Morgan fingerprint density at radius 1 is 1.20 bits per heavy atom. The lowest BCUT2D eigenvalue weighted by atomic mass is 9.99. The van der Waals surface area contributed by atoms with Crippen LogP contribution in [0.2, 0.25) is 0 Å². The molecule has 6 heteroatoms. The molecule has 1 aromatic carbocycles. The van der Waals surface area contributed by atoms with Crippen molar-refractivity contribution in [2.45, 2.75) is 19.3 Å². The number of halogens is 1. The van der Waals surface area contributed by atoms with Crippen molar-refractivity contribution in [1.29, 1.82) is 0 Å². The smallest absolute Gasteiger partial charge is 0.193 e. The van der Waals surface area contributed by atoms with E-state index in [1.165, 1.54) is 12.0 Å². The lowest BCUT2D eigenvalue weighted by Gasteiger charge is -2.26. The van der Waals surface area contributed by atoms with Crippen LogP contribution in [0.4, 0.5) is 0 Å². The Bertz CT molecular complexity index is 519. The summed E-state index contributed by atoms with van der Waals surface area (Å²) in [5.74, 6) is 1.69. The highest BCUT2D eigenvalue weighted by Gasteiger charge is 2.25. The standard InChI is InChI=1S/C19H30N4O.HI/c1-2-20-19(21-9-11-22-12-14-24-15-13-22)23-10-8-18(16-23)17-6-4-3-5-7-17;/h3-7,18H,2,8-16H2,1H3,(H,20,21);1H. The van der Waals surface area contributed by atoms with Gasteiger partial charge in [0.15, 0.2) is 5.96 Å². The number of likely N-dealkylation sites (tertiary alicyclic amines) is 1. The zero-order valence-corrected chi connectivity index (χ0v) is 17.5. The molecule has 1 N–H and O–H groups in total. The quantitative estimate of drug-likeness (QED) is 0.418. The van der Waals surface area contributed by atoms with E-state index in [0.29, 0.717) is 5.92 Å². The average molecular weight is 458 g/mol.